The van der Waals surface area contributed by atoms with Crippen LogP contribution < -0.4 is 11.1 Å². The summed E-state index contributed by atoms with van der Waals surface area (Å²) >= 11 is 0. The van der Waals surface area contributed by atoms with Crippen molar-refractivity contribution in [3.05, 3.63) is 35.6 Å². The Balaban J connectivity index is 1.98. The van der Waals surface area contributed by atoms with E-state index in [1.807, 2.05) is 13.8 Å². The van der Waals surface area contributed by atoms with Crippen LogP contribution in [0.25, 0.3) is 0 Å². The molecule has 0 saturated heterocycles. The van der Waals surface area contributed by atoms with Gasteiger partial charge in [-0.3, -0.25) is 4.79 Å². The zero-order valence-corrected chi connectivity index (χ0v) is 12.2. The summed E-state index contributed by atoms with van der Waals surface area (Å²) in [6.07, 6.45) is 3.45. The Labute approximate surface area is 119 Å². The molecule has 0 radical (unpaired) electrons. The fourth-order valence-electron chi connectivity index (χ4n) is 2.71. The highest BCUT2D eigenvalue weighted by molar-refractivity contribution is 5.82. The van der Waals surface area contributed by atoms with Crippen molar-refractivity contribution in [1.29, 1.82) is 0 Å². The molecule has 0 unspecified atom stereocenters. The molecule has 20 heavy (non-hydrogen) atoms. The standard InChI is InChI=1S/C16H23FN2O/c1-11(12-3-5-13(17)6-4-12)19-15(20)16(2)9-7-14(18)8-10-16/h3-6,11,14H,7-10,18H2,1-2H3,(H,19,20)/t11-,14?,16?/m1/s1. The Morgan fingerprint density at radius 1 is 1.35 bits per heavy atom. The Morgan fingerprint density at radius 3 is 2.45 bits per heavy atom. The third-order valence-electron chi connectivity index (χ3n) is 4.40. The van der Waals surface area contributed by atoms with E-state index in [4.69, 9.17) is 5.73 Å². The Kier molecular flexibility index (Phi) is 4.43. The average molecular weight is 278 g/mol. The second-order valence-electron chi connectivity index (χ2n) is 6.14. The number of carbonyl (C=O) groups excluding carboxylic acids is 1. The smallest absolute Gasteiger partial charge is 0.226 e. The molecule has 1 aliphatic rings. The number of carbonyl (C=O) groups is 1. The Hall–Kier alpha value is -1.42. The lowest BCUT2D eigenvalue weighted by molar-refractivity contribution is -0.132. The zero-order chi connectivity index (χ0) is 14.8. The van der Waals surface area contributed by atoms with Crippen LogP contribution in [0.5, 0.6) is 0 Å². The van der Waals surface area contributed by atoms with Gasteiger partial charge in [0.25, 0.3) is 0 Å². The molecule has 3 nitrogen and oxygen atoms in total. The van der Waals surface area contributed by atoms with Crippen LogP contribution in [0, 0.1) is 11.2 Å². The SMILES string of the molecule is C[C@@H](NC(=O)C1(C)CCC(N)CC1)c1ccc(F)cc1. The van der Waals surface area contributed by atoms with Gasteiger partial charge in [0, 0.05) is 11.5 Å². The van der Waals surface area contributed by atoms with Crippen LogP contribution in [0.1, 0.15) is 51.1 Å². The molecule has 0 aliphatic heterocycles. The molecule has 0 heterocycles. The molecule has 3 N–H and O–H groups in total. The van der Waals surface area contributed by atoms with Crippen molar-refractivity contribution in [3.63, 3.8) is 0 Å². The van der Waals surface area contributed by atoms with Gasteiger partial charge in [0.15, 0.2) is 0 Å². The van der Waals surface area contributed by atoms with Gasteiger partial charge < -0.3 is 11.1 Å². The first-order chi connectivity index (χ1) is 9.40. The number of nitrogens with one attached hydrogen (secondary N) is 1. The third kappa shape index (κ3) is 3.37. The summed E-state index contributed by atoms with van der Waals surface area (Å²) in [6.45, 7) is 3.93. The minimum Gasteiger partial charge on any atom is -0.349 e. The summed E-state index contributed by atoms with van der Waals surface area (Å²) in [6, 6.07) is 6.36. The lowest BCUT2D eigenvalue weighted by atomic mass is 9.73. The zero-order valence-electron chi connectivity index (χ0n) is 12.2. The second-order valence-corrected chi connectivity index (χ2v) is 6.14. The summed E-state index contributed by atoms with van der Waals surface area (Å²) in [4.78, 5) is 12.5. The maximum atomic E-state index is 12.9. The number of benzene rings is 1. The van der Waals surface area contributed by atoms with Crippen LogP contribution in [0.2, 0.25) is 0 Å². The maximum Gasteiger partial charge on any atom is 0.226 e. The summed E-state index contributed by atoms with van der Waals surface area (Å²) in [5.74, 6) is -0.193. The number of hydrogen-bond donors (Lipinski definition) is 2. The molecule has 4 heteroatoms. The molecule has 1 atom stereocenters. The van der Waals surface area contributed by atoms with Crippen LogP contribution in [-0.2, 0) is 4.79 Å². The monoisotopic (exact) mass is 278 g/mol. The average Bonchev–Trinajstić information content (AvgIpc) is 2.43. The molecular formula is C16H23FN2O. The molecule has 2 rings (SSSR count). The van der Waals surface area contributed by atoms with Crippen LogP contribution in [-0.4, -0.2) is 11.9 Å². The van der Waals surface area contributed by atoms with E-state index in [1.54, 1.807) is 12.1 Å². The predicted octanol–water partition coefficient (Wildman–Crippen LogP) is 2.91. The van der Waals surface area contributed by atoms with E-state index in [0.717, 1.165) is 31.2 Å². The van der Waals surface area contributed by atoms with Crippen LogP contribution in [0.3, 0.4) is 0 Å². The Bertz CT molecular complexity index is 464. The van der Waals surface area contributed by atoms with Gasteiger partial charge in [0.1, 0.15) is 5.82 Å². The quantitative estimate of drug-likeness (QED) is 0.893. The topological polar surface area (TPSA) is 55.1 Å². The number of amides is 1. The summed E-state index contributed by atoms with van der Waals surface area (Å²) in [5.41, 5.74) is 6.48. The molecule has 1 aromatic rings. The minimum atomic E-state index is -0.329. The molecule has 0 bridgehead atoms. The van der Waals surface area contributed by atoms with Gasteiger partial charge in [-0.1, -0.05) is 19.1 Å². The van der Waals surface area contributed by atoms with E-state index in [0.29, 0.717) is 0 Å². The van der Waals surface area contributed by atoms with Crippen molar-refractivity contribution >= 4 is 5.91 Å². The van der Waals surface area contributed by atoms with Crippen molar-refractivity contribution < 1.29 is 9.18 Å². The van der Waals surface area contributed by atoms with Crippen molar-refractivity contribution in [2.75, 3.05) is 0 Å². The van der Waals surface area contributed by atoms with Crippen molar-refractivity contribution in [3.8, 4) is 0 Å². The van der Waals surface area contributed by atoms with Gasteiger partial charge in [-0.05, 0) is 50.3 Å². The lowest BCUT2D eigenvalue weighted by Crippen LogP contribution is -2.44. The molecule has 1 aromatic carbocycles. The molecule has 0 aromatic heterocycles. The fraction of sp³-hybridized carbons (Fsp3) is 0.562. The van der Waals surface area contributed by atoms with Crippen LogP contribution in [0.4, 0.5) is 4.39 Å². The lowest BCUT2D eigenvalue weighted by Gasteiger charge is -2.35. The van der Waals surface area contributed by atoms with Gasteiger partial charge in [-0.15, -0.1) is 0 Å². The molecule has 1 aliphatic carbocycles. The van der Waals surface area contributed by atoms with E-state index in [9.17, 15) is 9.18 Å². The van der Waals surface area contributed by atoms with Gasteiger partial charge in [-0.2, -0.15) is 0 Å². The first kappa shape index (κ1) is 15.0. The van der Waals surface area contributed by atoms with Gasteiger partial charge in [-0.25, -0.2) is 4.39 Å². The Morgan fingerprint density at radius 2 is 1.90 bits per heavy atom. The normalized spacial score (nSPS) is 27.9. The number of hydrogen-bond acceptors (Lipinski definition) is 2. The van der Waals surface area contributed by atoms with Crippen molar-refractivity contribution in [2.45, 2.75) is 51.6 Å². The predicted molar refractivity (Wildman–Crippen MR) is 77.5 cm³/mol. The minimum absolute atomic E-state index is 0.0706. The third-order valence-corrected chi connectivity index (χ3v) is 4.40. The summed E-state index contributed by atoms with van der Waals surface area (Å²) in [7, 11) is 0. The maximum absolute atomic E-state index is 12.9. The van der Waals surface area contributed by atoms with Crippen LogP contribution >= 0.6 is 0 Å². The first-order valence-electron chi connectivity index (χ1n) is 7.23. The van der Waals surface area contributed by atoms with E-state index in [1.165, 1.54) is 12.1 Å². The number of halogens is 1. The number of nitrogens with two attached hydrogens (primary N) is 1. The van der Waals surface area contributed by atoms with Crippen molar-refractivity contribution in [1.82, 2.24) is 5.32 Å². The molecule has 0 spiro atoms. The van der Waals surface area contributed by atoms with Gasteiger partial charge in [0.2, 0.25) is 5.91 Å². The number of rotatable bonds is 3. The van der Waals surface area contributed by atoms with E-state index >= 15 is 0 Å². The molecule has 110 valence electrons. The highest BCUT2D eigenvalue weighted by atomic mass is 19.1. The fourth-order valence-corrected chi connectivity index (χ4v) is 2.71. The van der Waals surface area contributed by atoms with E-state index in [2.05, 4.69) is 5.32 Å². The second kappa shape index (κ2) is 5.92. The summed E-state index contributed by atoms with van der Waals surface area (Å²) in [5, 5.41) is 3.04. The first-order valence-corrected chi connectivity index (χ1v) is 7.23. The highest BCUT2D eigenvalue weighted by Crippen LogP contribution is 2.36. The van der Waals surface area contributed by atoms with E-state index in [-0.39, 0.29) is 29.2 Å². The highest BCUT2D eigenvalue weighted by Gasteiger charge is 2.37. The molecule has 1 amide bonds. The molecule has 1 saturated carbocycles. The van der Waals surface area contributed by atoms with Gasteiger partial charge in [0.05, 0.1) is 6.04 Å². The summed E-state index contributed by atoms with van der Waals surface area (Å²) < 4.78 is 12.9. The molecule has 1 fully saturated rings. The van der Waals surface area contributed by atoms with Gasteiger partial charge >= 0.3 is 0 Å². The van der Waals surface area contributed by atoms with Crippen LogP contribution in [0.15, 0.2) is 24.3 Å². The van der Waals surface area contributed by atoms with E-state index < -0.39 is 0 Å². The largest absolute Gasteiger partial charge is 0.349 e. The van der Waals surface area contributed by atoms with Crippen molar-refractivity contribution in [2.24, 2.45) is 11.1 Å². The molecular weight excluding hydrogens is 255 g/mol.